The van der Waals surface area contributed by atoms with Crippen molar-refractivity contribution in [2.75, 3.05) is 79.0 Å². The van der Waals surface area contributed by atoms with Gasteiger partial charge < -0.3 is 29.2 Å². The fraction of sp³-hybridized carbons (Fsp3) is 0.889. The summed E-state index contributed by atoms with van der Waals surface area (Å²) in [4.78, 5) is 26.1. The summed E-state index contributed by atoms with van der Waals surface area (Å²) < 4.78 is 22.1. The van der Waals surface area contributed by atoms with Crippen LogP contribution in [0.25, 0.3) is 0 Å². The Labute approximate surface area is 166 Å². The lowest BCUT2D eigenvalue weighted by Crippen LogP contribution is -2.43. The molecular weight excluding hydrogens is 372 g/mol. The number of carbonyl (C=O) groups is 2. The average molecular weight is 406 g/mol. The van der Waals surface area contributed by atoms with Gasteiger partial charge in [0.2, 0.25) is 0 Å². The van der Waals surface area contributed by atoms with Crippen molar-refractivity contribution >= 4 is 11.9 Å². The molecule has 164 valence electrons. The quantitative estimate of drug-likeness (QED) is 0.639. The Hall–Kier alpha value is -1.30. The highest BCUT2D eigenvalue weighted by Gasteiger charge is 2.21. The molecular formula is C18H34N2O8. The van der Waals surface area contributed by atoms with Gasteiger partial charge in [0.05, 0.1) is 52.9 Å². The average Bonchev–Trinajstić information content (AvgIpc) is 2.66. The van der Waals surface area contributed by atoms with E-state index in [9.17, 15) is 19.8 Å². The molecule has 0 spiro atoms. The molecule has 0 amide bonds. The van der Waals surface area contributed by atoms with Crippen LogP contribution < -0.4 is 0 Å². The van der Waals surface area contributed by atoms with Crippen molar-refractivity contribution in [3.8, 4) is 0 Å². The van der Waals surface area contributed by atoms with Crippen molar-refractivity contribution in [2.24, 2.45) is 0 Å². The highest BCUT2D eigenvalue weighted by molar-refractivity contribution is 5.73. The molecule has 2 atom stereocenters. The summed E-state index contributed by atoms with van der Waals surface area (Å²) in [5.41, 5.74) is 0. The number of carboxylic acids is 2. The van der Waals surface area contributed by atoms with E-state index in [1.807, 2.05) is 0 Å². The Morgan fingerprint density at radius 3 is 1.07 bits per heavy atom. The van der Waals surface area contributed by atoms with Crippen LogP contribution >= 0.6 is 0 Å². The molecule has 0 aliphatic carbocycles. The molecule has 1 aliphatic heterocycles. The van der Waals surface area contributed by atoms with Gasteiger partial charge in [-0.05, 0) is 13.8 Å². The molecule has 0 radical (unpaired) electrons. The van der Waals surface area contributed by atoms with Crippen molar-refractivity contribution in [1.82, 2.24) is 9.80 Å². The molecule has 2 unspecified atom stereocenters. The molecule has 10 heteroatoms. The van der Waals surface area contributed by atoms with E-state index in [4.69, 9.17) is 18.9 Å². The maximum Gasteiger partial charge on any atom is 0.320 e. The third-order valence-corrected chi connectivity index (χ3v) is 4.65. The standard InChI is InChI=1S/C18H34N2O8/c1-15(17(21)22)19-3-7-25-11-13-27-9-5-20(16(2)18(23)24)6-10-28-14-12-26-8-4-19/h15-16H,3-14H2,1-2H3,(H,21,22)(H,23,24). The Morgan fingerprint density at radius 2 is 0.857 bits per heavy atom. The van der Waals surface area contributed by atoms with Gasteiger partial charge in [-0.25, -0.2) is 0 Å². The molecule has 1 heterocycles. The van der Waals surface area contributed by atoms with Crippen molar-refractivity contribution < 1.29 is 38.7 Å². The van der Waals surface area contributed by atoms with Crippen LogP contribution in [0.4, 0.5) is 0 Å². The van der Waals surface area contributed by atoms with Crippen molar-refractivity contribution in [3.05, 3.63) is 0 Å². The predicted octanol–water partition coefficient (Wildman–Crippen LogP) is -0.383. The minimum absolute atomic E-state index is 0.392. The van der Waals surface area contributed by atoms with Crippen LogP contribution in [0.15, 0.2) is 0 Å². The van der Waals surface area contributed by atoms with Gasteiger partial charge in [0.25, 0.3) is 0 Å². The first-order valence-corrected chi connectivity index (χ1v) is 9.68. The number of hydrogen-bond donors (Lipinski definition) is 2. The number of carboxylic acid groups (broad SMARTS) is 2. The molecule has 1 fully saturated rings. The van der Waals surface area contributed by atoms with Crippen molar-refractivity contribution in [1.29, 1.82) is 0 Å². The fourth-order valence-electron chi connectivity index (χ4n) is 2.68. The number of nitrogens with zero attached hydrogens (tertiary/aromatic N) is 2. The lowest BCUT2D eigenvalue weighted by atomic mass is 10.3. The number of rotatable bonds is 4. The van der Waals surface area contributed by atoms with E-state index in [0.717, 1.165) is 0 Å². The molecule has 0 aromatic rings. The SMILES string of the molecule is CC(C(=O)O)N1CCOCCOCCN(C(C)C(=O)O)CCOCCOCC1. The fourth-order valence-corrected chi connectivity index (χ4v) is 2.68. The molecule has 2 N–H and O–H groups in total. The summed E-state index contributed by atoms with van der Waals surface area (Å²) in [5.74, 6) is -1.76. The molecule has 1 aliphatic rings. The van der Waals surface area contributed by atoms with E-state index >= 15 is 0 Å². The van der Waals surface area contributed by atoms with Gasteiger partial charge in [-0.2, -0.15) is 0 Å². The maximum atomic E-state index is 11.2. The van der Waals surface area contributed by atoms with Gasteiger partial charge >= 0.3 is 11.9 Å². The predicted molar refractivity (Wildman–Crippen MR) is 101 cm³/mol. The van der Waals surface area contributed by atoms with Crippen molar-refractivity contribution in [2.45, 2.75) is 25.9 Å². The van der Waals surface area contributed by atoms with E-state index < -0.39 is 24.0 Å². The minimum Gasteiger partial charge on any atom is -0.480 e. The monoisotopic (exact) mass is 406 g/mol. The number of aliphatic carboxylic acids is 2. The zero-order valence-corrected chi connectivity index (χ0v) is 16.9. The number of hydrogen-bond acceptors (Lipinski definition) is 8. The summed E-state index contributed by atoms with van der Waals surface area (Å²) in [5, 5.41) is 18.4. The van der Waals surface area contributed by atoms with Crippen LogP contribution in [-0.2, 0) is 28.5 Å². The summed E-state index contributed by atoms with van der Waals surface area (Å²) >= 11 is 0. The van der Waals surface area contributed by atoms with E-state index in [1.165, 1.54) is 0 Å². The zero-order valence-electron chi connectivity index (χ0n) is 16.9. The van der Waals surface area contributed by atoms with Gasteiger partial charge in [0.1, 0.15) is 12.1 Å². The van der Waals surface area contributed by atoms with E-state index in [-0.39, 0.29) is 0 Å². The molecule has 1 rings (SSSR count). The molecule has 0 aromatic carbocycles. The Bertz CT molecular complexity index is 391. The first-order chi connectivity index (χ1) is 13.4. The van der Waals surface area contributed by atoms with Gasteiger partial charge in [0, 0.05) is 26.2 Å². The molecule has 0 bridgehead atoms. The minimum atomic E-state index is -0.881. The second-order valence-corrected chi connectivity index (χ2v) is 6.55. The van der Waals surface area contributed by atoms with Crippen molar-refractivity contribution in [3.63, 3.8) is 0 Å². The van der Waals surface area contributed by atoms with Gasteiger partial charge in [-0.15, -0.1) is 0 Å². The van der Waals surface area contributed by atoms with Gasteiger partial charge in [-0.1, -0.05) is 0 Å². The third-order valence-electron chi connectivity index (χ3n) is 4.65. The van der Waals surface area contributed by atoms with Crippen LogP contribution in [-0.4, -0.2) is 123 Å². The van der Waals surface area contributed by atoms with Gasteiger partial charge in [-0.3, -0.25) is 19.4 Å². The van der Waals surface area contributed by atoms with Gasteiger partial charge in [0.15, 0.2) is 0 Å². The Balaban J connectivity index is 2.50. The second kappa shape index (κ2) is 14.7. The molecule has 28 heavy (non-hydrogen) atoms. The topological polar surface area (TPSA) is 118 Å². The van der Waals surface area contributed by atoms with Crippen LogP contribution in [0.3, 0.4) is 0 Å². The summed E-state index contributed by atoms with van der Waals surface area (Å²) in [6.45, 7) is 8.37. The van der Waals surface area contributed by atoms with Crippen LogP contribution in [0.1, 0.15) is 13.8 Å². The van der Waals surface area contributed by atoms with Crippen LogP contribution in [0.5, 0.6) is 0 Å². The van der Waals surface area contributed by atoms with Crippen LogP contribution in [0, 0.1) is 0 Å². The normalized spacial score (nSPS) is 23.2. The highest BCUT2D eigenvalue weighted by Crippen LogP contribution is 2.02. The first kappa shape index (κ1) is 24.7. The van der Waals surface area contributed by atoms with Crippen LogP contribution in [0.2, 0.25) is 0 Å². The lowest BCUT2D eigenvalue weighted by Gasteiger charge is -2.27. The second-order valence-electron chi connectivity index (χ2n) is 6.55. The Morgan fingerprint density at radius 1 is 0.607 bits per heavy atom. The third kappa shape index (κ3) is 10.3. The molecule has 0 saturated carbocycles. The first-order valence-electron chi connectivity index (χ1n) is 9.68. The summed E-state index contributed by atoms with van der Waals surface area (Å²) in [6.07, 6.45) is 0. The lowest BCUT2D eigenvalue weighted by molar-refractivity contribution is -0.144. The molecule has 1 saturated heterocycles. The van der Waals surface area contributed by atoms with E-state index in [0.29, 0.717) is 79.0 Å². The van der Waals surface area contributed by atoms with E-state index in [2.05, 4.69) is 0 Å². The van der Waals surface area contributed by atoms with E-state index in [1.54, 1.807) is 23.6 Å². The summed E-state index contributed by atoms with van der Waals surface area (Å²) in [7, 11) is 0. The maximum absolute atomic E-state index is 11.2. The molecule has 0 aromatic heterocycles. The smallest absolute Gasteiger partial charge is 0.320 e. The Kier molecular flexibility index (Phi) is 13.0. The highest BCUT2D eigenvalue weighted by atomic mass is 16.5. The summed E-state index contributed by atoms with van der Waals surface area (Å²) in [6, 6.07) is -1.24. The number of ether oxygens (including phenoxy) is 4. The zero-order chi connectivity index (χ0) is 20.8. The molecule has 10 nitrogen and oxygen atoms in total. The largest absolute Gasteiger partial charge is 0.480 e.